The van der Waals surface area contributed by atoms with Gasteiger partial charge in [-0.2, -0.15) is 0 Å². The summed E-state index contributed by atoms with van der Waals surface area (Å²) in [6.45, 7) is 0. The van der Waals surface area contributed by atoms with E-state index in [1.165, 1.54) is 0 Å². The Hall–Kier alpha value is -3.99. The minimum Gasteiger partial charge on any atom is -0.311 e. The van der Waals surface area contributed by atoms with Crippen LogP contribution in [0.3, 0.4) is 0 Å². The van der Waals surface area contributed by atoms with Gasteiger partial charge in [0.2, 0.25) is 0 Å². The number of para-hydroxylation sites is 2. The van der Waals surface area contributed by atoms with Gasteiger partial charge in [0, 0.05) is 25.2 Å². The number of pyridine rings is 1. The van der Waals surface area contributed by atoms with Gasteiger partial charge in [-0.15, -0.1) is 0 Å². The van der Waals surface area contributed by atoms with E-state index in [1.807, 2.05) is 78.9 Å². The maximum absolute atomic E-state index is 12.7. The van der Waals surface area contributed by atoms with Gasteiger partial charge in [-0.3, -0.25) is 9.59 Å². The van der Waals surface area contributed by atoms with Crippen molar-refractivity contribution in [2.45, 2.75) is 0 Å². The van der Waals surface area contributed by atoms with Crippen molar-refractivity contribution >= 4 is 46.5 Å². The van der Waals surface area contributed by atoms with Crippen LogP contribution in [0.4, 0.5) is 11.4 Å². The maximum atomic E-state index is 12.7. The zero-order valence-electron chi connectivity index (χ0n) is 16.7. The number of hydrogen-bond donors (Lipinski definition) is 0. The molecule has 0 bridgehead atoms. The lowest BCUT2D eigenvalue weighted by Crippen LogP contribution is -2.20. The molecule has 0 saturated heterocycles. The van der Waals surface area contributed by atoms with E-state index in [0.29, 0.717) is 22.5 Å². The van der Waals surface area contributed by atoms with Crippen LogP contribution in [0, 0.1) is 0 Å². The van der Waals surface area contributed by atoms with Crippen LogP contribution in [0.25, 0.3) is 23.3 Å². The van der Waals surface area contributed by atoms with Gasteiger partial charge in [-0.25, -0.2) is 4.98 Å². The van der Waals surface area contributed by atoms with Crippen LogP contribution in [0.1, 0.15) is 22.5 Å². The number of aromatic nitrogens is 1. The van der Waals surface area contributed by atoms with Crippen LogP contribution in [0.5, 0.6) is 0 Å². The SMILES string of the molecule is CN1C(=O)/C(=C/c2cccc(/C=C3/C(=O)N(C)c4ccccc43)n2)c2ccccc21. The van der Waals surface area contributed by atoms with Crippen molar-refractivity contribution in [1.29, 1.82) is 0 Å². The highest BCUT2D eigenvalue weighted by molar-refractivity contribution is 6.36. The standard InChI is InChI=1S/C25H19N3O2/c1-27-22-12-5-3-10-18(22)20(24(27)29)14-16-8-7-9-17(26-16)15-21-19-11-4-6-13-23(19)28(2)25(21)30/h3-15H,1-2H3/b20-14+,21-15+. The summed E-state index contributed by atoms with van der Waals surface area (Å²) in [7, 11) is 3.55. The minimum atomic E-state index is -0.0525. The van der Waals surface area contributed by atoms with E-state index in [1.54, 1.807) is 23.9 Å². The van der Waals surface area contributed by atoms with Gasteiger partial charge in [-0.1, -0.05) is 42.5 Å². The highest BCUT2D eigenvalue weighted by atomic mass is 16.2. The van der Waals surface area contributed by atoms with Crippen LogP contribution in [0.15, 0.2) is 66.7 Å². The Labute approximate surface area is 174 Å². The summed E-state index contributed by atoms with van der Waals surface area (Å²) in [6, 6.07) is 21.0. The molecule has 5 nitrogen and oxygen atoms in total. The molecule has 0 saturated carbocycles. The molecule has 0 fully saturated rings. The van der Waals surface area contributed by atoms with Gasteiger partial charge in [0.05, 0.1) is 33.9 Å². The second-order valence-electron chi connectivity index (χ2n) is 7.37. The smallest absolute Gasteiger partial charge is 0.258 e. The molecule has 2 aromatic carbocycles. The van der Waals surface area contributed by atoms with Crippen LogP contribution >= 0.6 is 0 Å². The Bertz CT molecular complexity index is 1180. The zero-order valence-corrected chi connectivity index (χ0v) is 16.7. The lowest BCUT2D eigenvalue weighted by atomic mass is 10.0. The molecule has 0 N–H and O–H groups in total. The molecule has 0 atom stereocenters. The highest BCUT2D eigenvalue weighted by Gasteiger charge is 2.30. The number of carbonyl (C=O) groups excluding carboxylic acids is 2. The number of hydrogen-bond acceptors (Lipinski definition) is 3. The van der Waals surface area contributed by atoms with Crippen LogP contribution in [-0.4, -0.2) is 30.9 Å². The lowest BCUT2D eigenvalue weighted by molar-refractivity contribution is -0.113. The number of nitrogens with zero attached hydrogens (tertiary/aromatic N) is 3. The summed E-state index contributed by atoms with van der Waals surface area (Å²) < 4.78 is 0. The molecule has 0 unspecified atom stereocenters. The number of amides is 2. The fraction of sp³-hybridized carbons (Fsp3) is 0.0800. The number of anilines is 2. The predicted molar refractivity (Wildman–Crippen MR) is 120 cm³/mol. The van der Waals surface area contributed by atoms with Gasteiger partial charge in [0.15, 0.2) is 0 Å². The van der Waals surface area contributed by atoms with E-state index < -0.39 is 0 Å². The first-order chi connectivity index (χ1) is 14.5. The normalized spacial score (nSPS) is 17.8. The number of likely N-dealkylation sites (N-methyl/N-ethyl adjacent to an activating group) is 2. The quantitative estimate of drug-likeness (QED) is 0.616. The Morgan fingerprint density at radius 1 is 0.633 bits per heavy atom. The number of fused-ring (bicyclic) bond motifs is 2. The third-order valence-electron chi connectivity index (χ3n) is 5.56. The molecule has 30 heavy (non-hydrogen) atoms. The van der Waals surface area contributed by atoms with Crippen LogP contribution in [0.2, 0.25) is 0 Å². The molecule has 2 amide bonds. The molecule has 1 aromatic heterocycles. The number of carbonyl (C=O) groups is 2. The number of benzene rings is 2. The van der Waals surface area contributed by atoms with Crippen molar-refractivity contribution in [2.75, 3.05) is 23.9 Å². The van der Waals surface area contributed by atoms with Gasteiger partial charge < -0.3 is 9.80 Å². The average molecular weight is 393 g/mol. The van der Waals surface area contributed by atoms with Gasteiger partial charge >= 0.3 is 0 Å². The summed E-state index contributed by atoms with van der Waals surface area (Å²) >= 11 is 0. The van der Waals surface area contributed by atoms with Gasteiger partial charge in [0.1, 0.15) is 0 Å². The third-order valence-corrected chi connectivity index (χ3v) is 5.56. The summed E-state index contributed by atoms with van der Waals surface area (Å²) in [5.74, 6) is -0.105. The van der Waals surface area contributed by atoms with E-state index in [2.05, 4.69) is 4.98 Å². The molecule has 2 aliphatic rings. The molecule has 146 valence electrons. The Kier molecular flexibility index (Phi) is 4.10. The van der Waals surface area contributed by atoms with Crippen molar-refractivity contribution in [1.82, 2.24) is 4.98 Å². The molecule has 2 aliphatic heterocycles. The molecule has 0 aliphatic carbocycles. The predicted octanol–water partition coefficient (Wildman–Crippen LogP) is 4.12. The second kappa shape index (κ2) is 6.81. The second-order valence-corrected chi connectivity index (χ2v) is 7.37. The van der Waals surface area contributed by atoms with Crippen LogP contribution in [-0.2, 0) is 9.59 Å². The Balaban J connectivity index is 1.55. The highest BCUT2D eigenvalue weighted by Crippen LogP contribution is 2.37. The fourth-order valence-electron chi connectivity index (χ4n) is 4.00. The van der Waals surface area contributed by atoms with E-state index in [9.17, 15) is 9.59 Å². The molecular weight excluding hydrogens is 374 g/mol. The van der Waals surface area contributed by atoms with Crippen molar-refractivity contribution in [3.63, 3.8) is 0 Å². The van der Waals surface area contributed by atoms with E-state index in [0.717, 1.165) is 22.5 Å². The maximum Gasteiger partial charge on any atom is 0.258 e. The van der Waals surface area contributed by atoms with E-state index in [4.69, 9.17) is 0 Å². The molecule has 0 radical (unpaired) electrons. The van der Waals surface area contributed by atoms with Crippen LogP contribution < -0.4 is 9.80 Å². The monoisotopic (exact) mass is 393 g/mol. The van der Waals surface area contributed by atoms with Crippen molar-refractivity contribution < 1.29 is 9.59 Å². The van der Waals surface area contributed by atoms with Crippen molar-refractivity contribution in [3.8, 4) is 0 Å². The topological polar surface area (TPSA) is 53.5 Å². The zero-order chi connectivity index (χ0) is 20.8. The lowest BCUT2D eigenvalue weighted by Gasteiger charge is -2.08. The van der Waals surface area contributed by atoms with Gasteiger partial charge in [-0.05, 0) is 36.4 Å². The number of rotatable bonds is 2. The molecule has 5 heteroatoms. The summed E-state index contributed by atoms with van der Waals surface area (Å²) in [6.07, 6.45) is 3.62. The van der Waals surface area contributed by atoms with Gasteiger partial charge in [0.25, 0.3) is 11.8 Å². The van der Waals surface area contributed by atoms with E-state index >= 15 is 0 Å². The van der Waals surface area contributed by atoms with Crippen molar-refractivity contribution in [2.24, 2.45) is 0 Å². The summed E-state index contributed by atoms with van der Waals surface area (Å²) in [5, 5.41) is 0. The van der Waals surface area contributed by atoms with E-state index in [-0.39, 0.29) is 11.8 Å². The minimum absolute atomic E-state index is 0.0525. The average Bonchev–Trinajstić information content (AvgIpc) is 3.15. The molecule has 3 aromatic rings. The molecule has 3 heterocycles. The molecule has 0 spiro atoms. The fourth-order valence-corrected chi connectivity index (χ4v) is 4.00. The first-order valence-corrected chi connectivity index (χ1v) is 9.70. The largest absolute Gasteiger partial charge is 0.311 e. The Morgan fingerprint density at radius 3 is 1.53 bits per heavy atom. The Morgan fingerprint density at radius 2 is 1.07 bits per heavy atom. The first kappa shape index (κ1) is 18.1. The summed E-state index contributed by atoms with van der Waals surface area (Å²) in [4.78, 5) is 33.4. The summed E-state index contributed by atoms with van der Waals surface area (Å²) in [5.41, 5.74) is 6.16. The molecule has 5 rings (SSSR count). The third kappa shape index (κ3) is 2.75. The molecular formula is C25H19N3O2. The van der Waals surface area contributed by atoms with Crippen molar-refractivity contribution in [3.05, 3.63) is 89.2 Å². The first-order valence-electron chi connectivity index (χ1n) is 9.70.